The molecule has 0 radical (unpaired) electrons. The fourth-order valence-electron chi connectivity index (χ4n) is 5.58. The van der Waals surface area contributed by atoms with Gasteiger partial charge in [-0.15, -0.1) is 0 Å². The summed E-state index contributed by atoms with van der Waals surface area (Å²) in [7, 11) is 1.77. The number of ether oxygens (including phenoxy) is 2. The normalized spacial score (nSPS) is 20.4. The Kier molecular flexibility index (Phi) is 4.34. The molecule has 0 aromatic heterocycles. The summed E-state index contributed by atoms with van der Waals surface area (Å²) in [6.07, 6.45) is 2.16. The number of nitrogens with zero attached hydrogens (tertiary/aromatic N) is 2. The maximum atomic E-state index is 5.80. The summed E-state index contributed by atoms with van der Waals surface area (Å²) < 4.78 is 11.5. The largest absolute Gasteiger partial charge is 0.495 e. The SMILES string of the molecule is COc1cc2c(cc1N1CCN(CC3Cc4cccc5cccc3c45)CC1)OCC2. The molecule has 1 aliphatic carbocycles. The molecule has 1 atom stereocenters. The molecular weight excluding hydrogens is 372 g/mol. The van der Waals surface area contributed by atoms with Crippen LogP contribution in [-0.2, 0) is 12.8 Å². The van der Waals surface area contributed by atoms with E-state index in [-0.39, 0.29) is 0 Å². The predicted octanol–water partition coefficient (Wildman–Crippen LogP) is 4.25. The molecule has 0 N–H and O–H groups in total. The minimum absolute atomic E-state index is 0.612. The zero-order valence-corrected chi connectivity index (χ0v) is 17.6. The van der Waals surface area contributed by atoms with Crippen molar-refractivity contribution in [1.29, 1.82) is 0 Å². The summed E-state index contributed by atoms with van der Waals surface area (Å²) in [6, 6.07) is 17.9. The third-order valence-electron chi connectivity index (χ3n) is 7.11. The lowest BCUT2D eigenvalue weighted by molar-refractivity contribution is 0.242. The molecule has 2 heterocycles. The van der Waals surface area contributed by atoms with Gasteiger partial charge in [0, 0.05) is 56.7 Å². The molecule has 6 rings (SSSR count). The Morgan fingerprint density at radius 3 is 2.67 bits per heavy atom. The van der Waals surface area contributed by atoms with E-state index in [1.54, 1.807) is 12.7 Å². The molecule has 3 aromatic rings. The van der Waals surface area contributed by atoms with Crippen LogP contribution in [0.3, 0.4) is 0 Å². The zero-order chi connectivity index (χ0) is 20.1. The van der Waals surface area contributed by atoms with E-state index in [1.165, 1.54) is 34.0 Å². The van der Waals surface area contributed by atoms with Crippen molar-refractivity contribution in [2.75, 3.05) is 51.3 Å². The quantitative estimate of drug-likeness (QED) is 0.654. The van der Waals surface area contributed by atoms with Crippen LogP contribution in [0, 0.1) is 0 Å². The van der Waals surface area contributed by atoms with Crippen LogP contribution in [0.15, 0.2) is 48.5 Å². The van der Waals surface area contributed by atoms with Crippen molar-refractivity contribution in [1.82, 2.24) is 4.90 Å². The Hall–Kier alpha value is -2.72. The molecule has 154 valence electrons. The first-order valence-corrected chi connectivity index (χ1v) is 11.1. The van der Waals surface area contributed by atoms with Crippen LogP contribution in [0.4, 0.5) is 5.69 Å². The minimum atomic E-state index is 0.612. The molecule has 1 unspecified atom stereocenters. The van der Waals surface area contributed by atoms with Crippen LogP contribution in [0.25, 0.3) is 10.8 Å². The maximum absolute atomic E-state index is 5.80. The van der Waals surface area contributed by atoms with Gasteiger partial charge >= 0.3 is 0 Å². The topological polar surface area (TPSA) is 24.9 Å². The number of fused-ring (bicyclic) bond motifs is 1. The Morgan fingerprint density at radius 2 is 1.83 bits per heavy atom. The number of hydrogen-bond acceptors (Lipinski definition) is 4. The number of methoxy groups -OCH3 is 1. The first kappa shape index (κ1) is 18.1. The van der Waals surface area contributed by atoms with Gasteiger partial charge in [-0.1, -0.05) is 36.4 Å². The van der Waals surface area contributed by atoms with E-state index < -0.39 is 0 Å². The van der Waals surface area contributed by atoms with E-state index in [2.05, 4.69) is 58.3 Å². The summed E-state index contributed by atoms with van der Waals surface area (Å²) in [5.41, 5.74) is 5.51. The van der Waals surface area contributed by atoms with Crippen molar-refractivity contribution in [3.63, 3.8) is 0 Å². The lowest BCUT2D eigenvalue weighted by atomic mass is 9.99. The molecule has 0 bridgehead atoms. The van der Waals surface area contributed by atoms with E-state index >= 15 is 0 Å². The minimum Gasteiger partial charge on any atom is -0.495 e. The number of piperazine rings is 1. The van der Waals surface area contributed by atoms with Gasteiger partial charge in [0.1, 0.15) is 11.5 Å². The van der Waals surface area contributed by atoms with Gasteiger partial charge in [-0.3, -0.25) is 4.90 Å². The van der Waals surface area contributed by atoms with Crippen LogP contribution in [-0.4, -0.2) is 51.3 Å². The van der Waals surface area contributed by atoms with Crippen molar-refractivity contribution in [2.24, 2.45) is 0 Å². The van der Waals surface area contributed by atoms with Gasteiger partial charge in [0.25, 0.3) is 0 Å². The smallest absolute Gasteiger partial charge is 0.142 e. The zero-order valence-electron chi connectivity index (χ0n) is 17.6. The molecule has 2 aliphatic heterocycles. The van der Waals surface area contributed by atoms with Crippen LogP contribution in [0.5, 0.6) is 11.5 Å². The number of benzene rings is 3. The lowest BCUT2D eigenvalue weighted by Crippen LogP contribution is -2.47. The van der Waals surface area contributed by atoms with Gasteiger partial charge in [-0.25, -0.2) is 0 Å². The lowest BCUT2D eigenvalue weighted by Gasteiger charge is -2.38. The van der Waals surface area contributed by atoms with Crippen LogP contribution >= 0.6 is 0 Å². The third-order valence-corrected chi connectivity index (χ3v) is 7.11. The summed E-state index contributed by atoms with van der Waals surface area (Å²) in [5.74, 6) is 2.62. The Bertz CT molecular complexity index is 1100. The molecule has 4 heteroatoms. The summed E-state index contributed by atoms with van der Waals surface area (Å²) >= 11 is 0. The van der Waals surface area contributed by atoms with Gasteiger partial charge in [0.05, 0.1) is 19.4 Å². The number of rotatable bonds is 4. The van der Waals surface area contributed by atoms with Crippen LogP contribution < -0.4 is 14.4 Å². The molecule has 3 aliphatic rings. The van der Waals surface area contributed by atoms with E-state index in [0.717, 1.165) is 57.3 Å². The molecule has 1 saturated heterocycles. The standard InChI is InChI=1S/C26H28N2O2/c1-29-25-15-19-8-13-30-24(19)16-23(25)28-11-9-27(10-12-28)17-21-14-20-6-2-4-18-5-3-7-22(21)26(18)20/h2-7,15-16,21H,8-14,17H2,1H3. The highest BCUT2D eigenvalue weighted by atomic mass is 16.5. The Labute approximate surface area is 178 Å². The summed E-state index contributed by atoms with van der Waals surface area (Å²) in [5, 5.41) is 2.90. The van der Waals surface area contributed by atoms with Crippen molar-refractivity contribution >= 4 is 16.5 Å². The van der Waals surface area contributed by atoms with Gasteiger partial charge in [0.15, 0.2) is 0 Å². The number of hydrogen-bond donors (Lipinski definition) is 0. The van der Waals surface area contributed by atoms with Crippen molar-refractivity contribution in [3.8, 4) is 11.5 Å². The first-order chi connectivity index (χ1) is 14.8. The average Bonchev–Trinajstić information content (AvgIpc) is 3.39. The second kappa shape index (κ2) is 7.21. The second-order valence-electron chi connectivity index (χ2n) is 8.78. The Balaban J connectivity index is 1.16. The van der Waals surface area contributed by atoms with E-state index in [4.69, 9.17) is 9.47 Å². The highest BCUT2D eigenvalue weighted by Crippen LogP contribution is 2.40. The molecule has 0 amide bonds. The maximum Gasteiger partial charge on any atom is 0.142 e. The van der Waals surface area contributed by atoms with Crippen LogP contribution in [0.2, 0.25) is 0 Å². The van der Waals surface area contributed by atoms with Crippen molar-refractivity contribution in [2.45, 2.75) is 18.8 Å². The first-order valence-electron chi connectivity index (χ1n) is 11.1. The van der Waals surface area contributed by atoms with Crippen molar-refractivity contribution in [3.05, 3.63) is 65.2 Å². The monoisotopic (exact) mass is 400 g/mol. The van der Waals surface area contributed by atoms with E-state index in [0.29, 0.717) is 5.92 Å². The van der Waals surface area contributed by atoms with E-state index in [1.807, 2.05) is 0 Å². The fraction of sp³-hybridized carbons (Fsp3) is 0.385. The molecule has 1 fully saturated rings. The van der Waals surface area contributed by atoms with E-state index in [9.17, 15) is 0 Å². The summed E-state index contributed by atoms with van der Waals surface area (Å²) in [4.78, 5) is 5.10. The second-order valence-corrected chi connectivity index (χ2v) is 8.78. The highest BCUT2D eigenvalue weighted by Gasteiger charge is 2.28. The fourth-order valence-corrected chi connectivity index (χ4v) is 5.58. The number of anilines is 1. The molecule has 0 spiro atoms. The molecule has 30 heavy (non-hydrogen) atoms. The van der Waals surface area contributed by atoms with Crippen LogP contribution in [0.1, 0.15) is 22.6 Å². The van der Waals surface area contributed by atoms with Gasteiger partial charge in [-0.05, 0) is 34.4 Å². The third kappa shape index (κ3) is 2.93. The molecular formula is C26H28N2O2. The highest BCUT2D eigenvalue weighted by molar-refractivity contribution is 5.91. The molecule has 4 nitrogen and oxygen atoms in total. The predicted molar refractivity (Wildman–Crippen MR) is 121 cm³/mol. The molecule has 0 saturated carbocycles. The van der Waals surface area contributed by atoms with Crippen molar-refractivity contribution < 1.29 is 9.47 Å². The molecule has 3 aromatic carbocycles. The van der Waals surface area contributed by atoms with Gasteiger partial charge < -0.3 is 14.4 Å². The Morgan fingerprint density at radius 1 is 1.00 bits per heavy atom. The van der Waals surface area contributed by atoms with Gasteiger partial charge in [-0.2, -0.15) is 0 Å². The van der Waals surface area contributed by atoms with Gasteiger partial charge in [0.2, 0.25) is 0 Å². The summed E-state index contributed by atoms with van der Waals surface area (Å²) in [6.45, 7) is 6.16. The average molecular weight is 401 g/mol.